The van der Waals surface area contributed by atoms with E-state index >= 15 is 0 Å². The van der Waals surface area contributed by atoms with Crippen LogP contribution >= 0.6 is 0 Å². The molecule has 20 heavy (non-hydrogen) atoms. The van der Waals surface area contributed by atoms with Gasteiger partial charge in [0.25, 0.3) is 0 Å². The SMILES string of the molecule is COc1cccc(C(C)(O)Cc2ccc(F)c(F)c2)c1. The minimum atomic E-state index is -1.20. The van der Waals surface area contributed by atoms with Crippen LogP contribution in [0.15, 0.2) is 42.5 Å². The van der Waals surface area contributed by atoms with Crippen molar-refractivity contribution in [3.8, 4) is 5.75 Å². The maximum absolute atomic E-state index is 13.2. The average molecular weight is 278 g/mol. The zero-order chi connectivity index (χ0) is 14.8. The van der Waals surface area contributed by atoms with E-state index in [0.717, 1.165) is 12.1 Å². The molecule has 2 aromatic carbocycles. The molecule has 0 bridgehead atoms. The van der Waals surface area contributed by atoms with Gasteiger partial charge in [0.2, 0.25) is 0 Å². The Kier molecular flexibility index (Phi) is 4.04. The fraction of sp³-hybridized carbons (Fsp3) is 0.250. The molecule has 106 valence electrons. The first kappa shape index (κ1) is 14.5. The van der Waals surface area contributed by atoms with Gasteiger partial charge in [0, 0.05) is 6.42 Å². The molecule has 0 aromatic heterocycles. The van der Waals surface area contributed by atoms with Crippen molar-refractivity contribution in [1.29, 1.82) is 0 Å². The van der Waals surface area contributed by atoms with E-state index in [1.807, 2.05) is 0 Å². The molecular formula is C16H16F2O2. The van der Waals surface area contributed by atoms with Crippen LogP contribution in [-0.2, 0) is 12.0 Å². The smallest absolute Gasteiger partial charge is 0.159 e. The van der Waals surface area contributed by atoms with Gasteiger partial charge in [-0.25, -0.2) is 8.78 Å². The number of hydrogen-bond acceptors (Lipinski definition) is 2. The average Bonchev–Trinajstić information content (AvgIpc) is 2.43. The van der Waals surface area contributed by atoms with Crippen LogP contribution < -0.4 is 4.74 Å². The number of halogens is 2. The van der Waals surface area contributed by atoms with E-state index in [1.54, 1.807) is 38.3 Å². The molecule has 1 unspecified atom stereocenters. The first-order chi connectivity index (χ1) is 9.42. The lowest BCUT2D eigenvalue weighted by atomic mass is 9.89. The second-order valence-corrected chi connectivity index (χ2v) is 4.93. The molecule has 0 saturated carbocycles. The Morgan fingerprint density at radius 2 is 1.85 bits per heavy atom. The summed E-state index contributed by atoms with van der Waals surface area (Å²) in [4.78, 5) is 0. The summed E-state index contributed by atoms with van der Waals surface area (Å²) in [6.45, 7) is 1.63. The Balaban J connectivity index is 2.27. The minimum Gasteiger partial charge on any atom is -0.497 e. The Morgan fingerprint density at radius 1 is 1.10 bits per heavy atom. The standard InChI is InChI=1S/C16H16F2O2/c1-16(19,12-4-3-5-13(9-12)20-2)10-11-6-7-14(17)15(18)8-11/h3-9,19H,10H2,1-2H3. The van der Waals surface area contributed by atoms with E-state index < -0.39 is 17.2 Å². The molecule has 0 heterocycles. The first-order valence-corrected chi connectivity index (χ1v) is 6.23. The molecule has 0 saturated heterocycles. The fourth-order valence-electron chi connectivity index (χ4n) is 2.11. The minimum absolute atomic E-state index is 0.178. The Labute approximate surface area is 116 Å². The molecule has 0 aliphatic rings. The van der Waals surface area contributed by atoms with Crippen molar-refractivity contribution < 1.29 is 18.6 Å². The van der Waals surface area contributed by atoms with Gasteiger partial charge in [0.05, 0.1) is 12.7 Å². The van der Waals surface area contributed by atoms with Crippen molar-refractivity contribution in [2.45, 2.75) is 18.9 Å². The highest BCUT2D eigenvalue weighted by atomic mass is 19.2. The van der Waals surface area contributed by atoms with Gasteiger partial charge in [-0.05, 0) is 42.3 Å². The predicted octanol–water partition coefficient (Wildman–Crippen LogP) is 3.42. The van der Waals surface area contributed by atoms with Crippen LogP contribution in [0.3, 0.4) is 0 Å². The second kappa shape index (κ2) is 5.59. The topological polar surface area (TPSA) is 29.5 Å². The van der Waals surface area contributed by atoms with Crippen LogP contribution in [0.25, 0.3) is 0 Å². The lowest BCUT2D eigenvalue weighted by Crippen LogP contribution is -2.24. The van der Waals surface area contributed by atoms with E-state index in [4.69, 9.17) is 4.74 Å². The normalized spacial score (nSPS) is 13.8. The molecule has 4 heteroatoms. The maximum Gasteiger partial charge on any atom is 0.159 e. The molecule has 0 amide bonds. The highest BCUT2D eigenvalue weighted by molar-refractivity contribution is 5.33. The molecule has 2 nitrogen and oxygen atoms in total. The van der Waals surface area contributed by atoms with E-state index in [2.05, 4.69) is 0 Å². The van der Waals surface area contributed by atoms with Crippen molar-refractivity contribution >= 4 is 0 Å². The summed E-state index contributed by atoms with van der Waals surface area (Å²) < 4.78 is 31.2. The summed E-state index contributed by atoms with van der Waals surface area (Å²) >= 11 is 0. The van der Waals surface area contributed by atoms with Crippen molar-refractivity contribution in [3.05, 3.63) is 65.2 Å². The maximum atomic E-state index is 13.2. The Morgan fingerprint density at radius 3 is 2.50 bits per heavy atom. The van der Waals surface area contributed by atoms with Crippen molar-refractivity contribution in [2.24, 2.45) is 0 Å². The first-order valence-electron chi connectivity index (χ1n) is 6.23. The summed E-state index contributed by atoms with van der Waals surface area (Å²) in [6.07, 6.45) is 0.178. The fourth-order valence-corrected chi connectivity index (χ4v) is 2.11. The lowest BCUT2D eigenvalue weighted by molar-refractivity contribution is 0.0573. The van der Waals surface area contributed by atoms with E-state index in [1.165, 1.54) is 6.07 Å². The van der Waals surface area contributed by atoms with Crippen molar-refractivity contribution in [2.75, 3.05) is 7.11 Å². The molecule has 0 aliphatic carbocycles. The number of methoxy groups -OCH3 is 1. The van der Waals surface area contributed by atoms with Crippen LogP contribution in [0.2, 0.25) is 0 Å². The Bertz CT molecular complexity index is 609. The van der Waals surface area contributed by atoms with Crippen molar-refractivity contribution in [1.82, 2.24) is 0 Å². The molecule has 0 spiro atoms. The number of benzene rings is 2. The van der Waals surface area contributed by atoms with Gasteiger partial charge in [0.1, 0.15) is 5.75 Å². The van der Waals surface area contributed by atoms with E-state index in [0.29, 0.717) is 16.9 Å². The third-order valence-corrected chi connectivity index (χ3v) is 3.22. The summed E-state index contributed by atoms with van der Waals surface area (Å²) in [5.74, 6) is -1.17. The Hall–Kier alpha value is -1.94. The van der Waals surface area contributed by atoms with Crippen LogP contribution in [0.1, 0.15) is 18.1 Å². The zero-order valence-electron chi connectivity index (χ0n) is 11.4. The lowest BCUT2D eigenvalue weighted by Gasteiger charge is -2.24. The molecule has 0 fully saturated rings. The van der Waals surface area contributed by atoms with Gasteiger partial charge >= 0.3 is 0 Å². The van der Waals surface area contributed by atoms with E-state index in [-0.39, 0.29) is 6.42 Å². The number of ether oxygens (including phenoxy) is 1. The third kappa shape index (κ3) is 3.14. The number of hydrogen-bond donors (Lipinski definition) is 1. The van der Waals surface area contributed by atoms with E-state index in [9.17, 15) is 13.9 Å². The predicted molar refractivity (Wildman–Crippen MR) is 72.6 cm³/mol. The van der Waals surface area contributed by atoms with Gasteiger partial charge in [-0.2, -0.15) is 0 Å². The van der Waals surface area contributed by atoms with Gasteiger partial charge in [-0.3, -0.25) is 0 Å². The zero-order valence-corrected chi connectivity index (χ0v) is 11.4. The second-order valence-electron chi connectivity index (χ2n) is 4.93. The van der Waals surface area contributed by atoms with Crippen LogP contribution in [0.4, 0.5) is 8.78 Å². The molecular weight excluding hydrogens is 262 g/mol. The van der Waals surface area contributed by atoms with Gasteiger partial charge in [-0.1, -0.05) is 18.2 Å². The quantitative estimate of drug-likeness (QED) is 0.928. The highest BCUT2D eigenvalue weighted by Gasteiger charge is 2.24. The van der Waals surface area contributed by atoms with Crippen LogP contribution in [0, 0.1) is 11.6 Å². The molecule has 0 radical (unpaired) electrons. The number of aliphatic hydroxyl groups is 1. The summed E-state index contributed by atoms with van der Waals surface area (Å²) in [5.41, 5.74) is -0.0166. The van der Waals surface area contributed by atoms with Crippen molar-refractivity contribution in [3.63, 3.8) is 0 Å². The highest BCUT2D eigenvalue weighted by Crippen LogP contribution is 2.28. The largest absolute Gasteiger partial charge is 0.497 e. The van der Waals surface area contributed by atoms with Crippen LogP contribution in [0.5, 0.6) is 5.75 Å². The summed E-state index contributed by atoms with van der Waals surface area (Å²) in [6, 6.07) is 10.7. The summed E-state index contributed by atoms with van der Waals surface area (Å²) in [7, 11) is 1.54. The number of rotatable bonds is 4. The molecule has 1 atom stereocenters. The molecule has 1 N–H and O–H groups in total. The van der Waals surface area contributed by atoms with Gasteiger partial charge in [-0.15, -0.1) is 0 Å². The van der Waals surface area contributed by atoms with Gasteiger partial charge < -0.3 is 9.84 Å². The summed E-state index contributed by atoms with van der Waals surface area (Å²) in [5, 5.41) is 10.5. The third-order valence-electron chi connectivity index (χ3n) is 3.22. The van der Waals surface area contributed by atoms with Crippen LogP contribution in [-0.4, -0.2) is 12.2 Å². The monoisotopic (exact) mass is 278 g/mol. The molecule has 2 rings (SSSR count). The van der Waals surface area contributed by atoms with Gasteiger partial charge in [0.15, 0.2) is 11.6 Å². The molecule has 0 aliphatic heterocycles. The molecule has 2 aromatic rings.